The molecule has 6 atom stereocenters. The number of nitrogens with one attached hydrogen (secondary N) is 2. The molecule has 2 aliphatic rings. The molecule has 3 amide bonds. The summed E-state index contributed by atoms with van der Waals surface area (Å²) >= 11 is 0. The quantitative estimate of drug-likeness (QED) is 0.429. The van der Waals surface area contributed by atoms with E-state index in [4.69, 9.17) is 14.5 Å². The summed E-state index contributed by atoms with van der Waals surface area (Å²) in [6.07, 6.45) is -0.579. The Morgan fingerprint density at radius 2 is 1.81 bits per heavy atom. The molecule has 37 heavy (non-hydrogen) atoms. The first-order valence-electron chi connectivity index (χ1n) is 13.4. The van der Waals surface area contributed by atoms with Gasteiger partial charge in [0.1, 0.15) is 6.10 Å². The van der Waals surface area contributed by atoms with E-state index in [1.807, 2.05) is 65.0 Å². The Kier molecular flexibility index (Phi) is 10.2. The van der Waals surface area contributed by atoms with Gasteiger partial charge in [0.25, 0.3) is 0 Å². The van der Waals surface area contributed by atoms with E-state index in [0.717, 1.165) is 12.0 Å². The number of benzene rings is 1. The molecular weight excluding hydrogens is 474 g/mol. The second-order valence-electron chi connectivity index (χ2n) is 12.1. The van der Waals surface area contributed by atoms with E-state index in [0.29, 0.717) is 32.1 Å². The van der Waals surface area contributed by atoms with Gasteiger partial charge in [-0.2, -0.15) is 0 Å². The summed E-state index contributed by atoms with van der Waals surface area (Å²) in [5.41, 5.74) is 0.553. The molecule has 1 aliphatic heterocycles. The first-order valence-corrected chi connectivity index (χ1v) is 13.4. The predicted molar refractivity (Wildman–Crippen MR) is 141 cm³/mol. The Morgan fingerprint density at radius 1 is 1.14 bits per heavy atom. The van der Waals surface area contributed by atoms with Crippen LogP contribution in [0.1, 0.15) is 53.5 Å². The summed E-state index contributed by atoms with van der Waals surface area (Å²) in [7, 11) is 0. The van der Waals surface area contributed by atoms with Crippen LogP contribution in [0.5, 0.6) is 0 Å². The van der Waals surface area contributed by atoms with Crippen LogP contribution in [0.3, 0.4) is 0 Å². The van der Waals surface area contributed by atoms with E-state index in [2.05, 4.69) is 17.6 Å². The van der Waals surface area contributed by atoms with E-state index in [-0.39, 0.29) is 36.4 Å². The molecule has 1 saturated heterocycles. The third-order valence-electron chi connectivity index (χ3n) is 6.99. The van der Waals surface area contributed by atoms with Crippen molar-refractivity contribution in [3.8, 4) is 0 Å². The number of carbonyl (C=O) groups excluding carboxylic acids is 2. The lowest BCUT2D eigenvalue weighted by molar-refractivity contribution is -0.302. The van der Waals surface area contributed by atoms with Gasteiger partial charge in [-0.15, -0.1) is 0 Å². The number of ether oxygens (including phenoxy) is 1. The summed E-state index contributed by atoms with van der Waals surface area (Å²) in [6, 6.07) is 8.77. The van der Waals surface area contributed by atoms with Crippen molar-refractivity contribution in [1.29, 1.82) is 0 Å². The van der Waals surface area contributed by atoms with Crippen molar-refractivity contribution in [2.24, 2.45) is 23.7 Å². The first kappa shape index (κ1) is 29.2. The van der Waals surface area contributed by atoms with Crippen LogP contribution in [0, 0.1) is 23.7 Å². The van der Waals surface area contributed by atoms with E-state index >= 15 is 0 Å². The van der Waals surface area contributed by atoms with Gasteiger partial charge in [-0.3, -0.25) is 0 Å². The highest BCUT2D eigenvalue weighted by Crippen LogP contribution is 2.40. The predicted octanol–water partition coefficient (Wildman–Crippen LogP) is 3.75. The number of rotatable bonds is 9. The number of nitrogens with zero attached hydrogens (tertiary/aromatic N) is 1. The van der Waals surface area contributed by atoms with E-state index in [1.165, 1.54) is 0 Å². The molecule has 1 heterocycles. The first-order chi connectivity index (χ1) is 17.4. The molecule has 2 bridgehead atoms. The van der Waals surface area contributed by atoms with E-state index in [1.54, 1.807) is 4.90 Å². The number of carbonyl (C=O) groups is 2. The molecule has 1 aromatic rings. The van der Waals surface area contributed by atoms with Crippen LogP contribution < -0.4 is 10.6 Å². The largest absolute Gasteiger partial charge is 0.445 e. The number of urea groups is 1. The Morgan fingerprint density at radius 3 is 2.46 bits per heavy atom. The van der Waals surface area contributed by atoms with Gasteiger partial charge >= 0.3 is 12.1 Å². The van der Waals surface area contributed by atoms with Crippen LogP contribution in [-0.2, 0) is 20.9 Å². The zero-order chi connectivity index (χ0) is 27.2. The summed E-state index contributed by atoms with van der Waals surface area (Å²) in [6.45, 7) is 13.3. The third kappa shape index (κ3) is 8.86. The monoisotopic (exact) mass is 519 g/mol. The van der Waals surface area contributed by atoms with Crippen molar-refractivity contribution in [3.63, 3.8) is 0 Å². The standard InChI is InChI=1S/C28H45N3O6/c1-18(2)14-31(26(33)30-28(4,5)6)15-24(32)23(13-20-10-8-7-9-11-20)29-27(34)37-25-21-12-19(3)22(25)17-36-35-16-21/h7-11,18-19,21-25,32H,12-17H2,1-6H3,(H,29,34)(H,30,33)/t19?,21?,22?,23-,24+,25?/m0/s1. The number of hydrogen-bond acceptors (Lipinski definition) is 6. The second-order valence-corrected chi connectivity index (χ2v) is 12.1. The Hall–Kier alpha value is -2.36. The number of alkyl carbamates (subject to hydrolysis) is 1. The van der Waals surface area contributed by atoms with Gasteiger partial charge in [-0.1, -0.05) is 51.1 Å². The van der Waals surface area contributed by atoms with Crippen LogP contribution in [0.15, 0.2) is 30.3 Å². The minimum atomic E-state index is -1.01. The van der Waals surface area contributed by atoms with Crippen molar-refractivity contribution < 1.29 is 29.2 Å². The van der Waals surface area contributed by atoms with Crippen LogP contribution in [0.4, 0.5) is 9.59 Å². The lowest BCUT2D eigenvalue weighted by Crippen LogP contribution is -2.55. The fourth-order valence-corrected chi connectivity index (χ4v) is 5.22. The normalized spacial score (nSPS) is 25.2. The highest BCUT2D eigenvalue weighted by atomic mass is 17.2. The molecule has 0 spiro atoms. The molecule has 3 N–H and O–H groups in total. The topological polar surface area (TPSA) is 109 Å². The van der Waals surface area contributed by atoms with Crippen molar-refractivity contribution >= 4 is 12.1 Å². The molecule has 2 fully saturated rings. The summed E-state index contributed by atoms with van der Waals surface area (Å²) in [4.78, 5) is 38.2. The summed E-state index contributed by atoms with van der Waals surface area (Å²) in [5.74, 6) is 0.718. The Labute approximate surface area is 221 Å². The van der Waals surface area contributed by atoms with Crippen molar-refractivity contribution in [2.75, 3.05) is 26.3 Å². The average Bonchev–Trinajstić information content (AvgIpc) is 2.94. The Balaban J connectivity index is 1.73. The van der Waals surface area contributed by atoms with Gasteiger partial charge in [0, 0.05) is 23.9 Å². The maximum absolute atomic E-state index is 13.1. The van der Waals surface area contributed by atoms with Gasteiger partial charge in [0.2, 0.25) is 0 Å². The molecule has 0 radical (unpaired) electrons. The third-order valence-corrected chi connectivity index (χ3v) is 6.99. The smallest absolute Gasteiger partial charge is 0.407 e. The van der Waals surface area contributed by atoms with Crippen LogP contribution in [0.2, 0.25) is 0 Å². The lowest BCUT2D eigenvalue weighted by atomic mass is 9.97. The molecule has 3 rings (SSSR count). The molecule has 1 aliphatic carbocycles. The number of hydrogen-bond donors (Lipinski definition) is 3. The molecule has 9 nitrogen and oxygen atoms in total. The molecule has 208 valence electrons. The Bertz CT molecular complexity index is 874. The number of fused-ring (bicyclic) bond motifs is 2. The molecule has 4 unspecified atom stereocenters. The molecule has 1 aromatic carbocycles. The minimum absolute atomic E-state index is 0.0679. The van der Waals surface area contributed by atoms with Gasteiger partial charge in [-0.05, 0) is 51.0 Å². The van der Waals surface area contributed by atoms with Gasteiger partial charge in [-0.25, -0.2) is 19.4 Å². The lowest BCUT2D eigenvalue weighted by Gasteiger charge is -2.33. The van der Waals surface area contributed by atoms with Crippen LogP contribution in [0.25, 0.3) is 0 Å². The fourth-order valence-electron chi connectivity index (χ4n) is 5.22. The van der Waals surface area contributed by atoms with Crippen LogP contribution in [-0.4, -0.2) is 72.2 Å². The zero-order valence-corrected chi connectivity index (χ0v) is 23.1. The van der Waals surface area contributed by atoms with Gasteiger partial charge in [0.05, 0.1) is 31.9 Å². The number of amides is 3. The summed E-state index contributed by atoms with van der Waals surface area (Å²) in [5, 5.41) is 17.2. The average molecular weight is 520 g/mol. The highest BCUT2D eigenvalue weighted by Gasteiger charge is 2.46. The molecule has 1 saturated carbocycles. The van der Waals surface area contributed by atoms with Crippen molar-refractivity contribution in [3.05, 3.63) is 35.9 Å². The summed E-state index contributed by atoms with van der Waals surface area (Å²) < 4.78 is 5.92. The number of aliphatic hydroxyl groups is 1. The molecule has 9 heteroatoms. The highest BCUT2D eigenvalue weighted by molar-refractivity contribution is 5.75. The van der Waals surface area contributed by atoms with E-state index < -0.39 is 23.8 Å². The van der Waals surface area contributed by atoms with Crippen LogP contribution >= 0.6 is 0 Å². The van der Waals surface area contributed by atoms with Gasteiger partial charge < -0.3 is 25.4 Å². The minimum Gasteiger partial charge on any atom is -0.445 e. The van der Waals surface area contributed by atoms with Gasteiger partial charge in [0.15, 0.2) is 0 Å². The fraction of sp³-hybridized carbons (Fsp3) is 0.714. The van der Waals surface area contributed by atoms with Crippen molar-refractivity contribution in [2.45, 2.75) is 78.2 Å². The zero-order valence-electron chi connectivity index (χ0n) is 23.1. The van der Waals surface area contributed by atoms with E-state index in [9.17, 15) is 14.7 Å². The molecular formula is C28H45N3O6. The van der Waals surface area contributed by atoms with Crippen molar-refractivity contribution in [1.82, 2.24) is 15.5 Å². The number of aliphatic hydroxyl groups excluding tert-OH is 1. The maximum atomic E-state index is 13.1. The maximum Gasteiger partial charge on any atom is 0.407 e. The molecule has 0 aromatic heterocycles. The SMILES string of the molecule is CC(C)CN(C[C@@H](O)[C@H](Cc1ccccc1)NC(=O)OC1C2COOCC1C(C)C2)C(=O)NC(C)(C)C. The second kappa shape index (κ2) is 12.9.